The first-order chi connectivity index (χ1) is 12.4. The summed E-state index contributed by atoms with van der Waals surface area (Å²) in [6, 6.07) is 9.37. The van der Waals surface area contributed by atoms with E-state index in [0.29, 0.717) is 6.04 Å². The lowest BCUT2D eigenvalue weighted by Gasteiger charge is -2.33. The van der Waals surface area contributed by atoms with Crippen molar-refractivity contribution in [2.75, 3.05) is 39.3 Å². The molecule has 0 amide bonds. The van der Waals surface area contributed by atoms with E-state index in [4.69, 9.17) is 4.74 Å². The highest BCUT2D eigenvalue weighted by Gasteiger charge is 2.35. The van der Waals surface area contributed by atoms with E-state index < -0.39 is 0 Å². The smallest absolute Gasteiger partial charge is 0.119 e. The van der Waals surface area contributed by atoms with E-state index in [-0.39, 0.29) is 0 Å². The zero-order valence-electron chi connectivity index (χ0n) is 15.4. The number of hydrogen-bond acceptors (Lipinski definition) is 4. The maximum absolute atomic E-state index is 5.90. The van der Waals surface area contributed by atoms with Gasteiger partial charge in [0.05, 0.1) is 0 Å². The normalized spacial score (nSPS) is 29.7. The van der Waals surface area contributed by atoms with Crippen LogP contribution in [0.25, 0.3) is 0 Å². The first-order valence-electron chi connectivity index (χ1n) is 10.3. The third-order valence-corrected chi connectivity index (χ3v) is 6.37. The van der Waals surface area contributed by atoms with Crippen molar-refractivity contribution < 1.29 is 4.74 Å². The molecule has 3 unspecified atom stereocenters. The van der Waals surface area contributed by atoms with Crippen LogP contribution in [0, 0.1) is 11.8 Å². The van der Waals surface area contributed by atoms with Gasteiger partial charge in [0.1, 0.15) is 12.4 Å². The minimum atomic E-state index is 0.685. The molecular formula is C21H33N3O. The minimum absolute atomic E-state index is 0.685. The Morgan fingerprint density at radius 1 is 1.04 bits per heavy atom. The van der Waals surface area contributed by atoms with Gasteiger partial charge in [0.15, 0.2) is 0 Å². The van der Waals surface area contributed by atoms with E-state index in [1.165, 1.54) is 63.8 Å². The Balaban J connectivity index is 1.20. The van der Waals surface area contributed by atoms with Crippen LogP contribution in [0.3, 0.4) is 0 Å². The summed E-state index contributed by atoms with van der Waals surface area (Å²) in [7, 11) is 0. The molecule has 0 radical (unpaired) electrons. The van der Waals surface area contributed by atoms with Crippen molar-refractivity contribution >= 4 is 0 Å². The molecule has 3 atom stereocenters. The Hall–Kier alpha value is -1.10. The summed E-state index contributed by atoms with van der Waals surface area (Å²) in [5.41, 5.74) is 1.36. The fourth-order valence-corrected chi connectivity index (χ4v) is 4.86. The summed E-state index contributed by atoms with van der Waals surface area (Å²) in [6.07, 6.45) is 6.82. The van der Waals surface area contributed by atoms with Crippen molar-refractivity contribution in [2.24, 2.45) is 11.8 Å². The number of nitrogens with zero attached hydrogens (tertiary/aromatic N) is 1. The van der Waals surface area contributed by atoms with E-state index in [0.717, 1.165) is 37.3 Å². The van der Waals surface area contributed by atoms with Gasteiger partial charge in [-0.2, -0.15) is 0 Å². The predicted molar refractivity (Wildman–Crippen MR) is 102 cm³/mol. The molecule has 1 aromatic rings. The molecule has 3 aliphatic rings. The molecule has 4 nitrogen and oxygen atoms in total. The minimum Gasteiger partial charge on any atom is -0.492 e. The highest BCUT2D eigenvalue weighted by molar-refractivity contribution is 5.27. The van der Waals surface area contributed by atoms with Gasteiger partial charge in [-0.15, -0.1) is 0 Å². The molecule has 0 spiro atoms. The summed E-state index contributed by atoms with van der Waals surface area (Å²) < 4.78 is 5.90. The topological polar surface area (TPSA) is 36.5 Å². The van der Waals surface area contributed by atoms with E-state index >= 15 is 0 Å². The van der Waals surface area contributed by atoms with Gasteiger partial charge in [-0.05, 0) is 81.4 Å². The quantitative estimate of drug-likeness (QED) is 0.798. The van der Waals surface area contributed by atoms with Crippen molar-refractivity contribution in [3.05, 3.63) is 29.8 Å². The molecule has 2 aliphatic heterocycles. The number of nitrogens with one attached hydrogen (secondary N) is 2. The van der Waals surface area contributed by atoms with Gasteiger partial charge in [0, 0.05) is 19.1 Å². The molecule has 2 N–H and O–H groups in total. The Morgan fingerprint density at radius 3 is 2.72 bits per heavy atom. The zero-order chi connectivity index (χ0) is 16.9. The molecular weight excluding hydrogens is 310 g/mol. The van der Waals surface area contributed by atoms with E-state index in [1.54, 1.807) is 0 Å². The summed E-state index contributed by atoms with van der Waals surface area (Å²) in [5.74, 6) is 2.74. The highest BCUT2D eigenvalue weighted by Crippen LogP contribution is 2.32. The molecule has 2 saturated heterocycles. The number of ether oxygens (including phenoxy) is 1. The molecule has 1 aromatic carbocycles. The second kappa shape index (κ2) is 8.52. The Kier molecular flexibility index (Phi) is 5.90. The first kappa shape index (κ1) is 17.3. The maximum Gasteiger partial charge on any atom is 0.119 e. The van der Waals surface area contributed by atoms with Gasteiger partial charge < -0.3 is 15.4 Å². The molecule has 0 aromatic heterocycles. The third kappa shape index (κ3) is 4.55. The van der Waals surface area contributed by atoms with E-state index in [1.807, 2.05) is 0 Å². The van der Waals surface area contributed by atoms with Crippen LogP contribution in [0.4, 0.5) is 0 Å². The zero-order valence-corrected chi connectivity index (χ0v) is 15.4. The fraction of sp³-hybridized carbons (Fsp3) is 0.714. The van der Waals surface area contributed by atoms with E-state index in [9.17, 15) is 0 Å². The van der Waals surface area contributed by atoms with Crippen LogP contribution in [0.15, 0.2) is 24.3 Å². The van der Waals surface area contributed by atoms with Crippen molar-refractivity contribution in [3.63, 3.8) is 0 Å². The summed E-state index contributed by atoms with van der Waals surface area (Å²) in [4.78, 5) is 2.49. The summed E-state index contributed by atoms with van der Waals surface area (Å²) in [5, 5.41) is 7.40. The van der Waals surface area contributed by atoms with Crippen LogP contribution in [0.5, 0.6) is 5.75 Å². The molecule has 3 fully saturated rings. The largest absolute Gasteiger partial charge is 0.492 e. The lowest BCUT2D eigenvalue weighted by atomic mass is 9.78. The SMILES string of the molecule is c1cc(OCCN2CCCC2)ccc1CNC1CCCC2CNCC21. The highest BCUT2D eigenvalue weighted by atomic mass is 16.5. The summed E-state index contributed by atoms with van der Waals surface area (Å²) >= 11 is 0. The molecule has 25 heavy (non-hydrogen) atoms. The molecule has 2 heterocycles. The molecule has 4 rings (SSSR count). The number of hydrogen-bond donors (Lipinski definition) is 2. The van der Waals surface area contributed by atoms with Crippen LogP contribution in [-0.2, 0) is 6.54 Å². The third-order valence-electron chi connectivity index (χ3n) is 6.37. The number of rotatable bonds is 7. The number of likely N-dealkylation sites (tertiary alicyclic amines) is 1. The molecule has 0 bridgehead atoms. The standard InChI is InChI=1S/C21H33N3O/c1-2-11-24(10-1)12-13-25-19-8-6-17(7-9-19)14-23-21-5-3-4-18-15-22-16-20(18)21/h6-9,18,20-23H,1-5,10-16H2. The Labute approximate surface area is 152 Å². The van der Waals surface area contributed by atoms with Gasteiger partial charge in [0.25, 0.3) is 0 Å². The lowest BCUT2D eigenvalue weighted by molar-refractivity contribution is 0.222. The lowest BCUT2D eigenvalue weighted by Crippen LogP contribution is -2.42. The Bertz CT molecular complexity index is 526. The first-order valence-corrected chi connectivity index (χ1v) is 10.3. The van der Waals surface area contributed by atoms with Crippen LogP contribution in [-0.4, -0.2) is 50.3 Å². The monoisotopic (exact) mass is 343 g/mol. The average molecular weight is 344 g/mol. The average Bonchev–Trinajstić information content (AvgIpc) is 3.33. The number of fused-ring (bicyclic) bond motifs is 1. The second-order valence-corrected chi connectivity index (χ2v) is 8.04. The molecule has 1 saturated carbocycles. The molecule has 1 aliphatic carbocycles. The Morgan fingerprint density at radius 2 is 1.88 bits per heavy atom. The predicted octanol–water partition coefficient (Wildman–Crippen LogP) is 2.64. The van der Waals surface area contributed by atoms with Crippen molar-refractivity contribution in [2.45, 2.75) is 44.7 Å². The summed E-state index contributed by atoms with van der Waals surface area (Å²) in [6.45, 7) is 7.75. The van der Waals surface area contributed by atoms with Crippen LogP contribution >= 0.6 is 0 Å². The molecule has 4 heteroatoms. The van der Waals surface area contributed by atoms with E-state index in [2.05, 4.69) is 39.8 Å². The fourth-order valence-electron chi connectivity index (χ4n) is 4.86. The van der Waals surface area contributed by atoms with Crippen molar-refractivity contribution in [3.8, 4) is 5.75 Å². The second-order valence-electron chi connectivity index (χ2n) is 8.04. The number of benzene rings is 1. The van der Waals surface area contributed by atoms with Crippen molar-refractivity contribution in [1.29, 1.82) is 0 Å². The van der Waals surface area contributed by atoms with Gasteiger partial charge in [-0.3, -0.25) is 4.90 Å². The van der Waals surface area contributed by atoms with Crippen LogP contribution in [0.2, 0.25) is 0 Å². The van der Waals surface area contributed by atoms with Crippen LogP contribution < -0.4 is 15.4 Å². The van der Waals surface area contributed by atoms with Gasteiger partial charge >= 0.3 is 0 Å². The van der Waals surface area contributed by atoms with Crippen LogP contribution in [0.1, 0.15) is 37.7 Å². The maximum atomic E-state index is 5.90. The van der Waals surface area contributed by atoms with Gasteiger partial charge in [-0.1, -0.05) is 18.6 Å². The molecule has 138 valence electrons. The van der Waals surface area contributed by atoms with Gasteiger partial charge in [-0.25, -0.2) is 0 Å². The van der Waals surface area contributed by atoms with Gasteiger partial charge in [0.2, 0.25) is 0 Å². The van der Waals surface area contributed by atoms with Crippen molar-refractivity contribution in [1.82, 2.24) is 15.5 Å².